The highest BCUT2D eigenvalue weighted by molar-refractivity contribution is 5.89. The van der Waals surface area contributed by atoms with Crippen LogP contribution in [0.1, 0.15) is 79.7 Å². The number of ether oxygens (including phenoxy) is 3. The van der Waals surface area contributed by atoms with Crippen molar-refractivity contribution in [1.82, 2.24) is 9.78 Å². The average molecular weight is 501 g/mol. The lowest BCUT2D eigenvalue weighted by molar-refractivity contribution is -0.153. The third kappa shape index (κ3) is 4.53. The number of methoxy groups -OCH3 is 1. The maximum atomic E-state index is 11.8. The number of hydrogen-bond donors (Lipinski definition) is 0. The largest absolute Gasteiger partial charge is 0.465 e. The summed E-state index contributed by atoms with van der Waals surface area (Å²) in [5.74, 6) is -0.959. The maximum absolute atomic E-state index is 11.8. The molecule has 1 unspecified atom stereocenters. The van der Waals surface area contributed by atoms with E-state index in [1.807, 2.05) is 42.9 Å². The Balaban J connectivity index is 1.60. The quantitative estimate of drug-likeness (QED) is 0.319. The summed E-state index contributed by atoms with van der Waals surface area (Å²) in [4.78, 5) is 11.8. The van der Waals surface area contributed by atoms with Gasteiger partial charge in [0.2, 0.25) is 0 Å². The number of aromatic nitrogens is 2. The first-order valence-corrected chi connectivity index (χ1v) is 12.8. The van der Waals surface area contributed by atoms with Crippen molar-refractivity contribution in [3.05, 3.63) is 88.2 Å². The highest BCUT2D eigenvalue weighted by Crippen LogP contribution is 2.54. The average Bonchev–Trinajstić information content (AvgIpc) is 3.49. The van der Waals surface area contributed by atoms with Gasteiger partial charge in [-0.3, -0.25) is 4.68 Å². The molecular weight excluding hydrogens is 464 g/mol. The molecule has 2 aliphatic rings. The Labute approximate surface area is 219 Å². The Morgan fingerprint density at radius 3 is 2.16 bits per heavy atom. The second kappa shape index (κ2) is 8.96. The minimum Gasteiger partial charge on any atom is -0.465 e. The van der Waals surface area contributed by atoms with Crippen molar-refractivity contribution in [2.75, 3.05) is 7.11 Å². The number of carbonyl (C=O) groups excluding carboxylic acids is 1. The first kappa shape index (κ1) is 25.4. The van der Waals surface area contributed by atoms with Crippen LogP contribution in [0.2, 0.25) is 0 Å². The van der Waals surface area contributed by atoms with E-state index in [-0.39, 0.29) is 29.0 Å². The van der Waals surface area contributed by atoms with Crippen LogP contribution in [0.4, 0.5) is 0 Å². The van der Waals surface area contributed by atoms with Crippen LogP contribution in [-0.2, 0) is 31.6 Å². The Hall–Kier alpha value is -3.22. The van der Waals surface area contributed by atoms with Crippen molar-refractivity contribution >= 4 is 18.1 Å². The van der Waals surface area contributed by atoms with Gasteiger partial charge in [0.05, 0.1) is 31.4 Å². The summed E-state index contributed by atoms with van der Waals surface area (Å²) in [6.45, 7) is 13.7. The highest BCUT2D eigenvalue weighted by Gasteiger charge is 2.59. The van der Waals surface area contributed by atoms with Crippen LogP contribution in [0.25, 0.3) is 12.2 Å². The molecule has 0 bridgehead atoms. The molecule has 0 N–H and O–H groups in total. The van der Waals surface area contributed by atoms with Gasteiger partial charge in [0.1, 0.15) is 0 Å². The lowest BCUT2D eigenvalue weighted by Gasteiger charge is -2.48. The van der Waals surface area contributed by atoms with Crippen LogP contribution in [-0.4, -0.2) is 40.9 Å². The van der Waals surface area contributed by atoms with Gasteiger partial charge in [-0.05, 0) is 59.9 Å². The Morgan fingerprint density at radius 2 is 1.59 bits per heavy atom. The van der Waals surface area contributed by atoms with Gasteiger partial charge < -0.3 is 14.2 Å². The van der Waals surface area contributed by atoms with E-state index in [1.54, 1.807) is 18.3 Å². The molecule has 0 amide bonds. The van der Waals surface area contributed by atoms with E-state index in [2.05, 4.69) is 57.1 Å². The molecule has 37 heavy (non-hydrogen) atoms. The topological polar surface area (TPSA) is 62.6 Å². The lowest BCUT2D eigenvalue weighted by Crippen LogP contribution is -2.54. The van der Waals surface area contributed by atoms with E-state index < -0.39 is 5.79 Å². The van der Waals surface area contributed by atoms with Crippen LogP contribution in [0, 0.1) is 0 Å². The lowest BCUT2D eigenvalue weighted by atomic mass is 9.59. The van der Waals surface area contributed by atoms with Crippen LogP contribution in [0.5, 0.6) is 0 Å². The van der Waals surface area contributed by atoms with Gasteiger partial charge >= 0.3 is 5.97 Å². The molecular formula is C31H36N2O4. The van der Waals surface area contributed by atoms with Gasteiger partial charge in [-0.15, -0.1) is 0 Å². The maximum Gasteiger partial charge on any atom is 0.337 e. The van der Waals surface area contributed by atoms with E-state index in [0.717, 1.165) is 11.1 Å². The zero-order valence-corrected chi connectivity index (χ0v) is 22.7. The molecule has 6 heteroatoms. The molecule has 3 aromatic rings. The van der Waals surface area contributed by atoms with Crippen molar-refractivity contribution in [2.24, 2.45) is 0 Å². The standard InChI is InChI=1S/C31H36N2O4/c1-29(2)24-17-22(14-11-20-9-12-21(13-10-20)28(34)35-7)23(19-33-16-8-15-32-33)18-25(24)30(3,4)27-26(29)36-31(5,6)37-27/h8-18,26-27H,19H2,1-7H3/b14-11+/t26-,27?/m1/s1. The van der Waals surface area contributed by atoms with Gasteiger partial charge in [-0.25, -0.2) is 4.79 Å². The zero-order valence-electron chi connectivity index (χ0n) is 22.7. The minimum absolute atomic E-state index is 0.0442. The molecule has 1 aliphatic carbocycles. The van der Waals surface area contributed by atoms with Crippen molar-refractivity contribution in [1.29, 1.82) is 0 Å². The van der Waals surface area contributed by atoms with Crippen LogP contribution in [0.3, 0.4) is 0 Å². The Bertz CT molecular complexity index is 1330. The summed E-state index contributed by atoms with van der Waals surface area (Å²) >= 11 is 0. The molecule has 6 nitrogen and oxygen atoms in total. The SMILES string of the molecule is COC(=O)c1ccc(/C=C/c2cc3c(cc2Cn2cccn2)C(C)(C)C2OC(C)(C)O[C@H]2C3(C)C)cc1. The second-order valence-corrected chi connectivity index (χ2v) is 11.7. The molecule has 0 spiro atoms. The van der Waals surface area contributed by atoms with Crippen molar-refractivity contribution in [2.45, 2.75) is 76.9 Å². The summed E-state index contributed by atoms with van der Waals surface area (Å²) in [6, 6.07) is 14.0. The van der Waals surface area contributed by atoms with Crippen molar-refractivity contribution in [3.63, 3.8) is 0 Å². The van der Waals surface area contributed by atoms with Gasteiger partial charge in [-0.2, -0.15) is 5.10 Å². The number of esters is 1. The Morgan fingerprint density at radius 1 is 0.973 bits per heavy atom. The molecule has 1 aromatic heterocycles. The van der Waals surface area contributed by atoms with Gasteiger partial charge in [-0.1, -0.05) is 64.1 Å². The van der Waals surface area contributed by atoms with Crippen LogP contribution in [0.15, 0.2) is 54.9 Å². The Kier molecular flexibility index (Phi) is 6.16. The molecule has 2 heterocycles. The molecule has 1 fully saturated rings. The molecule has 2 atom stereocenters. The predicted octanol–water partition coefficient (Wildman–Crippen LogP) is 5.98. The highest BCUT2D eigenvalue weighted by atomic mass is 16.8. The summed E-state index contributed by atoms with van der Waals surface area (Å²) in [5.41, 5.74) is 5.97. The number of hydrogen-bond acceptors (Lipinski definition) is 5. The molecule has 2 aromatic carbocycles. The van der Waals surface area contributed by atoms with E-state index in [9.17, 15) is 4.79 Å². The van der Waals surface area contributed by atoms with Gasteiger partial charge in [0, 0.05) is 23.2 Å². The van der Waals surface area contributed by atoms with Crippen LogP contribution < -0.4 is 0 Å². The summed E-state index contributed by atoms with van der Waals surface area (Å²) < 4.78 is 19.8. The third-order valence-corrected chi connectivity index (χ3v) is 7.87. The fourth-order valence-corrected chi connectivity index (χ4v) is 5.74. The third-order valence-electron chi connectivity index (χ3n) is 7.87. The number of fused-ring (bicyclic) bond motifs is 2. The smallest absolute Gasteiger partial charge is 0.337 e. The van der Waals surface area contributed by atoms with Gasteiger partial charge in [0.15, 0.2) is 5.79 Å². The minimum atomic E-state index is -0.622. The van der Waals surface area contributed by atoms with E-state index in [4.69, 9.17) is 14.2 Å². The van der Waals surface area contributed by atoms with E-state index in [1.165, 1.54) is 23.8 Å². The monoisotopic (exact) mass is 500 g/mol. The molecule has 194 valence electrons. The molecule has 0 radical (unpaired) electrons. The summed E-state index contributed by atoms with van der Waals surface area (Å²) in [7, 11) is 1.39. The normalized spacial score (nSPS) is 23.0. The van der Waals surface area contributed by atoms with E-state index >= 15 is 0 Å². The fourth-order valence-electron chi connectivity index (χ4n) is 5.74. The molecule has 1 saturated heterocycles. The molecule has 5 rings (SSSR count). The summed E-state index contributed by atoms with van der Waals surface area (Å²) in [5, 5.41) is 4.46. The van der Waals surface area contributed by atoms with Crippen molar-refractivity contribution < 1.29 is 19.0 Å². The first-order chi connectivity index (χ1) is 17.4. The molecule has 0 saturated carbocycles. The fraction of sp³-hybridized carbons (Fsp3) is 0.419. The number of carbonyl (C=O) groups is 1. The first-order valence-electron chi connectivity index (χ1n) is 12.8. The molecule has 1 aliphatic heterocycles. The number of nitrogens with zero attached hydrogens (tertiary/aromatic N) is 2. The summed E-state index contributed by atoms with van der Waals surface area (Å²) in [6.07, 6.45) is 7.93. The predicted molar refractivity (Wildman–Crippen MR) is 144 cm³/mol. The zero-order chi connectivity index (χ0) is 26.6. The van der Waals surface area contributed by atoms with E-state index in [0.29, 0.717) is 12.1 Å². The second-order valence-electron chi connectivity index (χ2n) is 11.7. The van der Waals surface area contributed by atoms with Crippen LogP contribution >= 0.6 is 0 Å². The van der Waals surface area contributed by atoms with Crippen molar-refractivity contribution in [3.8, 4) is 0 Å². The number of rotatable bonds is 5. The van der Waals surface area contributed by atoms with Gasteiger partial charge in [0.25, 0.3) is 0 Å². The number of benzene rings is 2.